The maximum atomic E-state index is 13.1. The molecule has 1 atom stereocenters. The van der Waals surface area contributed by atoms with Crippen LogP contribution in [0, 0.1) is 0 Å². The van der Waals surface area contributed by atoms with Crippen molar-refractivity contribution < 1.29 is 19.1 Å². The van der Waals surface area contributed by atoms with E-state index in [2.05, 4.69) is 10.9 Å². The SMILES string of the molecule is C[C@@H](OC(=O)c1c2c(nc3ccccc13)CCCC2)C(=O)NNC(=O)c1ccccc1. The van der Waals surface area contributed by atoms with E-state index in [1.807, 2.05) is 24.3 Å². The van der Waals surface area contributed by atoms with Crippen LogP contribution in [-0.2, 0) is 22.4 Å². The molecule has 158 valence electrons. The van der Waals surface area contributed by atoms with Crippen LogP contribution in [-0.4, -0.2) is 28.9 Å². The Kier molecular flexibility index (Phi) is 5.93. The summed E-state index contributed by atoms with van der Waals surface area (Å²) in [5.74, 6) is -1.64. The lowest BCUT2D eigenvalue weighted by atomic mass is 9.90. The molecule has 1 aliphatic rings. The van der Waals surface area contributed by atoms with Crippen LogP contribution in [0.2, 0.25) is 0 Å². The number of carbonyl (C=O) groups excluding carboxylic acids is 3. The van der Waals surface area contributed by atoms with Crippen molar-refractivity contribution in [3.8, 4) is 0 Å². The van der Waals surface area contributed by atoms with Crippen molar-refractivity contribution >= 4 is 28.7 Å². The van der Waals surface area contributed by atoms with Gasteiger partial charge in [-0.25, -0.2) is 4.79 Å². The summed E-state index contributed by atoms with van der Waals surface area (Å²) in [6.45, 7) is 1.47. The summed E-state index contributed by atoms with van der Waals surface area (Å²) in [6.07, 6.45) is 2.50. The summed E-state index contributed by atoms with van der Waals surface area (Å²) < 4.78 is 5.48. The third kappa shape index (κ3) is 4.40. The third-order valence-electron chi connectivity index (χ3n) is 5.36. The molecule has 3 aromatic rings. The Morgan fingerprint density at radius 1 is 0.935 bits per heavy atom. The first kappa shape index (κ1) is 20.5. The number of aromatic nitrogens is 1. The number of fused-ring (bicyclic) bond motifs is 2. The van der Waals surface area contributed by atoms with Crippen LogP contribution < -0.4 is 10.9 Å². The largest absolute Gasteiger partial charge is 0.449 e. The third-order valence-corrected chi connectivity index (χ3v) is 5.36. The van der Waals surface area contributed by atoms with Gasteiger partial charge in [-0.15, -0.1) is 0 Å². The number of hydrogen-bond donors (Lipinski definition) is 2. The molecule has 1 aliphatic carbocycles. The number of amides is 2. The van der Waals surface area contributed by atoms with Gasteiger partial charge in [-0.1, -0.05) is 36.4 Å². The van der Waals surface area contributed by atoms with Crippen LogP contribution >= 0.6 is 0 Å². The molecule has 0 bridgehead atoms. The van der Waals surface area contributed by atoms with Crippen molar-refractivity contribution in [2.75, 3.05) is 0 Å². The van der Waals surface area contributed by atoms with Gasteiger partial charge < -0.3 is 4.74 Å². The number of carbonyl (C=O) groups is 3. The van der Waals surface area contributed by atoms with Gasteiger partial charge in [-0.2, -0.15) is 0 Å². The fraction of sp³-hybridized carbons (Fsp3) is 0.250. The first-order valence-electron chi connectivity index (χ1n) is 10.3. The molecule has 0 radical (unpaired) electrons. The fourth-order valence-corrected chi connectivity index (χ4v) is 3.76. The Hall–Kier alpha value is -3.74. The molecule has 0 aliphatic heterocycles. The molecule has 0 spiro atoms. The normalized spacial score (nSPS) is 13.7. The lowest BCUT2D eigenvalue weighted by Gasteiger charge is -2.21. The van der Waals surface area contributed by atoms with E-state index in [0.29, 0.717) is 11.1 Å². The predicted octanol–water partition coefficient (Wildman–Crippen LogP) is 3.12. The zero-order valence-corrected chi connectivity index (χ0v) is 17.2. The molecule has 7 nitrogen and oxygen atoms in total. The van der Waals surface area contributed by atoms with Gasteiger partial charge in [-0.05, 0) is 56.4 Å². The number of para-hydroxylation sites is 1. The average Bonchev–Trinajstić information content (AvgIpc) is 2.81. The Morgan fingerprint density at radius 2 is 1.65 bits per heavy atom. The molecule has 0 unspecified atom stereocenters. The highest BCUT2D eigenvalue weighted by Gasteiger charge is 2.26. The molecule has 4 rings (SSSR count). The maximum Gasteiger partial charge on any atom is 0.339 e. The number of esters is 1. The number of nitrogens with zero attached hydrogens (tertiary/aromatic N) is 1. The molecule has 1 aromatic heterocycles. The van der Waals surface area contributed by atoms with Gasteiger partial charge in [0.2, 0.25) is 0 Å². The van der Waals surface area contributed by atoms with Crippen LogP contribution in [0.5, 0.6) is 0 Å². The number of rotatable bonds is 4. The number of benzene rings is 2. The average molecular weight is 417 g/mol. The van der Waals surface area contributed by atoms with E-state index in [4.69, 9.17) is 9.72 Å². The van der Waals surface area contributed by atoms with Crippen LogP contribution in [0.25, 0.3) is 10.9 Å². The van der Waals surface area contributed by atoms with Crippen molar-refractivity contribution in [1.82, 2.24) is 15.8 Å². The minimum absolute atomic E-state index is 0.405. The van der Waals surface area contributed by atoms with Gasteiger partial charge in [0.05, 0.1) is 11.1 Å². The molecule has 0 saturated carbocycles. The molecule has 0 saturated heterocycles. The Labute approximate surface area is 179 Å². The van der Waals surface area contributed by atoms with Crippen LogP contribution in [0.3, 0.4) is 0 Å². The summed E-state index contributed by atoms with van der Waals surface area (Å²) in [4.78, 5) is 42.3. The van der Waals surface area contributed by atoms with E-state index in [9.17, 15) is 14.4 Å². The summed E-state index contributed by atoms with van der Waals surface area (Å²) in [7, 11) is 0. The number of hydrogen-bond acceptors (Lipinski definition) is 5. The molecular formula is C24H23N3O4. The van der Waals surface area contributed by atoms with Crippen molar-refractivity contribution in [2.45, 2.75) is 38.7 Å². The van der Waals surface area contributed by atoms with Gasteiger partial charge in [0.1, 0.15) is 0 Å². The quantitative estimate of drug-likeness (QED) is 0.502. The van der Waals surface area contributed by atoms with Crippen molar-refractivity contribution in [2.24, 2.45) is 0 Å². The Bertz CT molecular complexity index is 1140. The number of pyridine rings is 1. The first-order chi connectivity index (χ1) is 15.0. The van der Waals surface area contributed by atoms with Gasteiger partial charge in [0.15, 0.2) is 6.10 Å². The minimum Gasteiger partial charge on any atom is -0.449 e. The highest BCUT2D eigenvalue weighted by Crippen LogP contribution is 2.30. The zero-order valence-electron chi connectivity index (χ0n) is 17.2. The van der Waals surface area contributed by atoms with Crippen molar-refractivity contribution in [1.29, 1.82) is 0 Å². The van der Waals surface area contributed by atoms with E-state index in [0.717, 1.165) is 47.8 Å². The number of ether oxygens (including phenoxy) is 1. The van der Waals surface area contributed by atoms with Crippen molar-refractivity contribution in [3.63, 3.8) is 0 Å². The van der Waals surface area contributed by atoms with E-state index < -0.39 is 23.9 Å². The minimum atomic E-state index is -1.09. The Balaban J connectivity index is 1.48. The first-order valence-corrected chi connectivity index (χ1v) is 10.3. The van der Waals surface area contributed by atoms with E-state index in [1.165, 1.54) is 6.92 Å². The Morgan fingerprint density at radius 3 is 2.45 bits per heavy atom. The highest BCUT2D eigenvalue weighted by atomic mass is 16.5. The van der Waals surface area contributed by atoms with E-state index in [-0.39, 0.29) is 0 Å². The van der Waals surface area contributed by atoms with E-state index in [1.54, 1.807) is 30.3 Å². The lowest BCUT2D eigenvalue weighted by Crippen LogP contribution is -2.46. The van der Waals surface area contributed by atoms with Gasteiger partial charge in [0, 0.05) is 16.6 Å². The molecule has 2 aromatic carbocycles. The maximum absolute atomic E-state index is 13.1. The summed E-state index contributed by atoms with van der Waals surface area (Å²) >= 11 is 0. The highest BCUT2D eigenvalue weighted by molar-refractivity contribution is 6.06. The van der Waals surface area contributed by atoms with Crippen molar-refractivity contribution in [3.05, 3.63) is 77.0 Å². The molecular weight excluding hydrogens is 394 g/mol. The number of nitrogens with one attached hydrogen (secondary N) is 2. The smallest absolute Gasteiger partial charge is 0.339 e. The van der Waals surface area contributed by atoms with Gasteiger partial charge in [-0.3, -0.25) is 25.4 Å². The van der Waals surface area contributed by atoms with Gasteiger partial charge in [0.25, 0.3) is 11.8 Å². The second-order valence-corrected chi connectivity index (χ2v) is 7.49. The second-order valence-electron chi connectivity index (χ2n) is 7.49. The monoisotopic (exact) mass is 417 g/mol. The zero-order chi connectivity index (χ0) is 21.8. The molecule has 7 heteroatoms. The summed E-state index contributed by atoms with van der Waals surface area (Å²) in [5, 5.41) is 0.720. The second kappa shape index (κ2) is 8.95. The van der Waals surface area contributed by atoms with E-state index >= 15 is 0 Å². The predicted molar refractivity (Wildman–Crippen MR) is 115 cm³/mol. The molecule has 1 heterocycles. The van der Waals surface area contributed by atoms with Crippen LogP contribution in [0.1, 0.15) is 51.7 Å². The fourth-order valence-electron chi connectivity index (χ4n) is 3.76. The van der Waals surface area contributed by atoms with Crippen LogP contribution in [0.15, 0.2) is 54.6 Å². The molecule has 2 N–H and O–H groups in total. The molecule has 0 fully saturated rings. The topological polar surface area (TPSA) is 97.4 Å². The summed E-state index contributed by atoms with van der Waals surface area (Å²) in [6, 6.07) is 15.9. The number of hydrazine groups is 1. The standard InChI is InChI=1S/C24H23N3O4/c1-15(22(28)26-27-23(29)16-9-3-2-4-10-16)31-24(30)21-17-11-5-7-13-19(17)25-20-14-8-6-12-18(20)21/h2-5,7,9-11,13,15H,6,8,12,14H2,1H3,(H,26,28)(H,27,29)/t15-/m1/s1. The molecule has 2 amide bonds. The number of aryl methyl sites for hydroxylation is 1. The molecule has 31 heavy (non-hydrogen) atoms. The van der Waals surface area contributed by atoms with Crippen LogP contribution in [0.4, 0.5) is 0 Å². The van der Waals surface area contributed by atoms with Gasteiger partial charge >= 0.3 is 5.97 Å². The summed E-state index contributed by atoms with van der Waals surface area (Å²) in [5.41, 5.74) is 8.09. The lowest BCUT2D eigenvalue weighted by molar-refractivity contribution is -0.129.